The third kappa shape index (κ3) is 1.90. The van der Waals surface area contributed by atoms with E-state index in [0.29, 0.717) is 0 Å². The van der Waals surface area contributed by atoms with E-state index in [1.807, 2.05) is 0 Å². The van der Waals surface area contributed by atoms with Crippen LogP contribution < -0.4 is 5.73 Å². The second kappa shape index (κ2) is 3.11. The number of primary amides is 1. The van der Waals surface area contributed by atoms with Gasteiger partial charge >= 0.3 is 0 Å². The number of carbonyl (C=O) groups excluding carboxylic acids is 1. The van der Waals surface area contributed by atoms with Gasteiger partial charge in [0, 0.05) is 0 Å². The van der Waals surface area contributed by atoms with Crippen molar-refractivity contribution < 1.29 is 4.79 Å². The van der Waals surface area contributed by atoms with E-state index < -0.39 is 0 Å². The fraction of sp³-hybridized carbons (Fsp3) is 0.833. The molecular formula is C6H11NOS. The lowest BCUT2D eigenvalue weighted by atomic mass is 10.2. The van der Waals surface area contributed by atoms with Crippen LogP contribution in [0.3, 0.4) is 0 Å². The zero-order valence-electron chi connectivity index (χ0n) is 5.30. The van der Waals surface area contributed by atoms with Crippen LogP contribution in [0.1, 0.15) is 19.3 Å². The van der Waals surface area contributed by atoms with Crippen LogP contribution in [0.5, 0.6) is 0 Å². The summed E-state index contributed by atoms with van der Waals surface area (Å²) in [6, 6.07) is 0. The molecule has 0 aliphatic carbocycles. The topological polar surface area (TPSA) is 43.1 Å². The number of thioether (sulfide) groups is 1. The van der Waals surface area contributed by atoms with Gasteiger partial charge in [-0.1, -0.05) is 6.42 Å². The SMILES string of the molecule is NC(=O)C1CCCCS1. The zero-order chi connectivity index (χ0) is 6.69. The van der Waals surface area contributed by atoms with Crippen molar-refractivity contribution in [3.05, 3.63) is 0 Å². The van der Waals surface area contributed by atoms with Crippen LogP contribution in [0.15, 0.2) is 0 Å². The van der Waals surface area contributed by atoms with E-state index in [0.717, 1.165) is 12.2 Å². The van der Waals surface area contributed by atoms with Crippen LogP contribution in [-0.2, 0) is 4.79 Å². The van der Waals surface area contributed by atoms with Crippen molar-refractivity contribution in [3.63, 3.8) is 0 Å². The van der Waals surface area contributed by atoms with Gasteiger partial charge in [0.15, 0.2) is 0 Å². The number of amides is 1. The Labute approximate surface area is 59.2 Å². The summed E-state index contributed by atoms with van der Waals surface area (Å²) in [7, 11) is 0. The van der Waals surface area contributed by atoms with Gasteiger partial charge in [-0.15, -0.1) is 11.8 Å². The molecule has 0 bridgehead atoms. The third-order valence-electron chi connectivity index (χ3n) is 1.50. The van der Waals surface area contributed by atoms with Crippen molar-refractivity contribution in [3.8, 4) is 0 Å². The predicted octanol–water partition coefficient (Wildman–Crippen LogP) is 0.757. The summed E-state index contributed by atoms with van der Waals surface area (Å²) in [5, 5.41) is 0.110. The maximum Gasteiger partial charge on any atom is 0.230 e. The highest BCUT2D eigenvalue weighted by atomic mass is 32.2. The minimum absolute atomic E-state index is 0.110. The standard InChI is InChI=1S/C6H11NOS/c7-6(8)5-3-1-2-4-9-5/h5H,1-4H2,(H2,7,8). The average molecular weight is 145 g/mol. The maximum absolute atomic E-state index is 10.6. The Hall–Kier alpha value is -0.180. The molecule has 0 aromatic carbocycles. The molecule has 2 N–H and O–H groups in total. The smallest absolute Gasteiger partial charge is 0.230 e. The molecular weight excluding hydrogens is 134 g/mol. The molecule has 1 unspecified atom stereocenters. The second-order valence-electron chi connectivity index (χ2n) is 2.26. The van der Waals surface area contributed by atoms with Crippen molar-refractivity contribution in [1.29, 1.82) is 0 Å². The minimum atomic E-state index is -0.139. The molecule has 0 spiro atoms. The zero-order valence-corrected chi connectivity index (χ0v) is 6.12. The highest BCUT2D eigenvalue weighted by Gasteiger charge is 2.18. The molecule has 1 atom stereocenters. The molecule has 1 saturated heterocycles. The first-order valence-electron chi connectivity index (χ1n) is 3.21. The van der Waals surface area contributed by atoms with Crippen molar-refractivity contribution in [1.82, 2.24) is 0 Å². The molecule has 0 radical (unpaired) electrons. The molecule has 52 valence electrons. The molecule has 9 heavy (non-hydrogen) atoms. The normalized spacial score (nSPS) is 27.8. The lowest BCUT2D eigenvalue weighted by Gasteiger charge is -2.17. The Morgan fingerprint density at radius 1 is 1.56 bits per heavy atom. The molecule has 3 heteroatoms. The molecule has 1 aliphatic rings. The van der Waals surface area contributed by atoms with Crippen molar-refractivity contribution in [2.45, 2.75) is 24.5 Å². The average Bonchev–Trinajstić information content (AvgIpc) is 1.90. The summed E-state index contributed by atoms with van der Waals surface area (Å²) >= 11 is 1.70. The third-order valence-corrected chi connectivity index (χ3v) is 2.89. The first kappa shape index (κ1) is 6.93. The first-order chi connectivity index (χ1) is 4.30. The molecule has 0 aromatic heterocycles. The summed E-state index contributed by atoms with van der Waals surface area (Å²) < 4.78 is 0. The van der Waals surface area contributed by atoms with Gasteiger partial charge in [-0.3, -0.25) is 4.79 Å². The monoisotopic (exact) mass is 145 g/mol. The second-order valence-corrected chi connectivity index (χ2v) is 3.57. The Bertz CT molecular complexity index is 110. The molecule has 1 rings (SSSR count). The molecule has 1 heterocycles. The Kier molecular flexibility index (Phi) is 2.39. The predicted molar refractivity (Wildman–Crippen MR) is 39.3 cm³/mol. The highest BCUT2D eigenvalue weighted by molar-refractivity contribution is 8.00. The fourth-order valence-electron chi connectivity index (χ4n) is 0.965. The van der Waals surface area contributed by atoms with Gasteiger partial charge in [0.1, 0.15) is 0 Å². The van der Waals surface area contributed by atoms with Crippen LogP contribution in [0, 0.1) is 0 Å². The summed E-state index contributed by atoms with van der Waals surface area (Å²) in [6.45, 7) is 0. The van der Waals surface area contributed by atoms with E-state index in [1.54, 1.807) is 11.8 Å². The largest absolute Gasteiger partial charge is 0.369 e. The van der Waals surface area contributed by atoms with E-state index in [-0.39, 0.29) is 11.2 Å². The van der Waals surface area contributed by atoms with Gasteiger partial charge in [0.05, 0.1) is 5.25 Å². The summed E-state index contributed by atoms with van der Waals surface area (Å²) in [4.78, 5) is 10.6. The van der Waals surface area contributed by atoms with Crippen LogP contribution in [0.25, 0.3) is 0 Å². The lowest BCUT2D eigenvalue weighted by Crippen LogP contribution is -2.27. The number of hydrogen-bond acceptors (Lipinski definition) is 2. The molecule has 0 saturated carbocycles. The summed E-state index contributed by atoms with van der Waals surface area (Å²) in [5.41, 5.74) is 5.11. The molecule has 0 aromatic rings. The summed E-state index contributed by atoms with van der Waals surface area (Å²) in [6.07, 6.45) is 3.40. The lowest BCUT2D eigenvalue weighted by molar-refractivity contribution is -0.117. The molecule has 1 aliphatic heterocycles. The van der Waals surface area contributed by atoms with E-state index in [1.165, 1.54) is 12.8 Å². The van der Waals surface area contributed by atoms with E-state index in [2.05, 4.69) is 0 Å². The van der Waals surface area contributed by atoms with E-state index in [4.69, 9.17) is 5.73 Å². The Morgan fingerprint density at radius 2 is 2.33 bits per heavy atom. The van der Waals surface area contributed by atoms with Crippen LogP contribution in [-0.4, -0.2) is 16.9 Å². The van der Waals surface area contributed by atoms with E-state index in [9.17, 15) is 4.79 Å². The van der Waals surface area contributed by atoms with Crippen LogP contribution in [0.2, 0.25) is 0 Å². The first-order valence-corrected chi connectivity index (χ1v) is 4.26. The number of nitrogens with two attached hydrogens (primary N) is 1. The summed E-state index contributed by atoms with van der Waals surface area (Å²) in [5.74, 6) is 0.966. The molecule has 1 fully saturated rings. The fourth-order valence-corrected chi connectivity index (χ4v) is 2.12. The Morgan fingerprint density at radius 3 is 2.67 bits per heavy atom. The van der Waals surface area contributed by atoms with Gasteiger partial charge in [0.2, 0.25) is 5.91 Å². The van der Waals surface area contributed by atoms with Gasteiger partial charge < -0.3 is 5.73 Å². The quantitative estimate of drug-likeness (QED) is 0.592. The van der Waals surface area contributed by atoms with E-state index >= 15 is 0 Å². The highest BCUT2D eigenvalue weighted by Crippen LogP contribution is 2.24. The van der Waals surface area contributed by atoms with Crippen molar-refractivity contribution >= 4 is 17.7 Å². The minimum Gasteiger partial charge on any atom is -0.369 e. The maximum atomic E-state index is 10.6. The van der Waals surface area contributed by atoms with Crippen molar-refractivity contribution in [2.24, 2.45) is 5.73 Å². The number of hydrogen-bond donors (Lipinski definition) is 1. The Balaban J connectivity index is 2.31. The van der Waals surface area contributed by atoms with Crippen molar-refractivity contribution in [2.75, 3.05) is 5.75 Å². The van der Waals surface area contributed by atoms with Gasteiger partial charge in [0.25, 0.3) is 0 Å². The number of rotatable bonds is 1. The van der Waals surface area contributed by atoms with Crippen LogP contribution >= 0.6 is 11.8 Å². The molecule has 1 amide bonds. The molecule has 2 nitrogen and oxygen atoms in total. The van der Waals surface area contributed by atoms with Gasteiger partial charge in [-0.2, -0.15) is 0 Å². The van der Waals surface area contributed by atoms with Gasteiger partial charge in [-0.05, 0) is 18.6 Å². The number of carbonyl (C=O) groups is 1. The van der Waals surface area contributed by atoms with Gasteiger partial charge in [-0.25, -0.2) is 0 Å². The van der Waals surface area contributed by atoms with Crippen LogP contribution in [0.4, 0.5) is 0 Å².